The number of nitrogens with zero attached hydrogens (tertiary/aromatic N) is 2. The van der Waals surface area contributed by atoms with Gasteiger partial charge in [-0.2, -0.15) is 4.98 Å². The topological polar surface area (TPSA) is 74.2 Å². The van der Waals surface area contributed by atoms with Crippen LogP contribution in [-0.2, 0) is 13.0 Å². The highest BCUT2D eigenvalue weighted by Gasteiger charge is 2.08. The summed E-state index contributed by atoms with van der Waals surface area (Å²) in [5.74, 6) is 1.85. The van der Waals surface area contributed by atoms with Gasteiger partial charge in [0.2, 0.25) is 11.7 Å². The maximum atomic E-state index is 6.00. The van der Waals surface area contributed by atoms with Crippen molar-refractivity contribution in [1.29, 1.82) is 0 Å². The Morgan fingerprint density at radius 2 is 2.25 bits per heavy atom. The zero-order valence-electron chi connectivity index (χ0n) is 11.6. The molecule has 0 spiro atoms. The number of hydrogen-bond donors (Lipinski definition) is 1. The molecular weight excluding hydrogens is 322 g/mol. The van der Waals surface area contributed by atoms with Gasteiger partial charge >= 0.3 is 0 Å². The summed E-state index contributed by atoms with van der Waals surface area (Å²) in [7, 11) is 0. The van der Waals surface area contributed by atoms with Crippen LogP contribution in [0.25, 0.3) is 0 Å². The van der Waals surface area contributed by atoms with E-state index in [0.29, 0.717) is 11.7 Å². The summed E-state index contributed by atoms with van der Waals surface area (Å²) in [5, 5.41) is 3.79. The van der Waals surface area contributed by atoms with Crippen LogP contribution < -0.4 is 10.5 Å². The normalized spacial score (nSPS) is 12.4. The molecule has 0 aliphatic heterocycles. The molecule has 1 heterocycles. The van der Waals surface area contributed by atoms with Crippen LogP contribution in [0.5, 0.6) is 5.75 Å². The van der Waals surface area contributed by atoms with Gasteiger partial charge < -0.3 is 15.0 Å². The first-order valence-electron chi connectivity index (χ1n) is 6.54. The van der Waals surface area contributed by atoms with E-state index in [4.69, 9.17) is 15.0 Å². The maximum Gasteiger partial charge on any atom is 0.223 e. The first-order valence-corrected chi connectivity index (χ1v) is 7.33. The molecule has 6 heteroatoms. The summed E-state index contributed by atoms with van der Waals surface area (Å²) in [6, 6.07) is 6.01. The van der Waals surface area contributed by atoms with Crippen molar-refractivity contribution in [2.45, 2.75) is 39.3 Å². The fourth-order valence-electron chi connectivity index (χ4n) is 1.77. The standard InChI is InChI=1S/C14H18BrN3O2/c1-3-11(16)6-10-7-12(4-5-13(10)15)19-8-14-17-9(2)20-18-14/h4-5,7,11H,3,6,8,16H2,1-2H3. The van der Waals surface area contributed by atoms with Crippen LogP contribution in [-0.4, -0.2) is 16.2 Å². The van der Waals surface area contributed by atoms with E-state index in [1.807, 2.05) is 18.2 Å². The first kappa shape index (κ1) is 15.0. The smallest absolute Gasteiger partial charge is 0.223 e. The second kappa shape index (κ2) is 6.85. The van der Waals surface area contributed by atoms with E-state index in [1.165, 1.54) is 0 Å². The minimum Gasteiger partial charge on any atom is -0.485 e. The SMILES string of the molecule is CCC(N)Cc1cc(OCc2noc(C)n2)ccc1Br. The first-order chi connectivity index (χ1) is 9.58. The molecule has 0 fully saturated rings. The lowest BCUT2D eigenvalue weighted by Crippen LogP contribution is -2.21. The third-order valence-corrected chi connectivity index (χ3v) is 3.73. The van der Waals surface area contributed by atoms with Crippen molar-refractivity contribution in [3.63, 3.8) is 0 Å². The van der Waals surface area contributed by atoms with E-state index in [1.54, 1.807) is 6.92 Å². The Labute approximate surface area is 126 Å². The second-order valence-corrected chi connectivity index (χ2v) is 5.50. The van der Waals surface area contributed by atoms with Crippen molar-refractivity contribution in [3.8, 4) is 5.75 Å². The molecule has 0 aliphatic rings. The third kappa shape index (κ3) is 4.05. The van der Waals surface area contributed by atoms with E-state index < -0.39 is 0 Å². The van der Waals surface area contributed by atoms with Gasteiger partial charge in [-0.05, 0) is 36.6 Å². The lowest BCUT2D eigenvalue weighted by atomic mass is 10.0. The Morgan fingerprint density at radius 3 is 2.90 bits per heavy atom. The Bertz CT molecular complexity index is 571. The largest absolute Gasteiger partial charge is 0.485 e. The highest BCUT2D eigenvalue weighted by molar-refractivity contribution is 9.10. The van der Waals surface area contributed by atoms with Gasteiger partial charge in [-0.15, -0.1) is 0 Å². The van der Waals surface area contributed by atoms with Crippen molar-refractivity contribution >= 4 is 15.9 Å². The van der Waals surface area contributed by atoms with Crippen molar-refractivity contribution in [1.82, 2.24) is 10.1 Å². The van der Waals surface area contributed by atoms with E-state index in [-0.39, 0.29) is 12.6 Å². The summed E-state index contributed by atoms with van der Waals surface area (Å²) in [4.78, 5) is 4.10. The Morgan fingerprint density at radius 1 is 1.45 bits per heavy atom. The number of ether oxygens (including phenoxy) is 1. The predicted octanol–water partition coefficient (Wildman–Crippen LogP) is 3.00. The summed E-state index contributed by atoms with van der Waals surface area (Å²) in [6.07, 6.45) is 1.76. The second-order valence-electron chi connectivity index (χ2n) is 4.64. The molecule has 1 unspecified atom stereocenters. The van der Waals surface area contributed by atoms with E-state index in [2.05, 4.69) is 33.0 Å². The van der Waals surface area contributed by atoms with Crippen LogP contribution in [0, 0.1) is 6.92 Å². The van der Waals surface area contributed by atoms with Gasteiger partial charge in [-0.25, -0.2) is 0 Å². The van der Waals surface area contributed by atoms with Gasteiger partial charge in [0, 0.05) is 17.4 Å². The van der Waals surface area contributed by atoms with Crippen molar-refractivity contribution in [2.75, 3.05) is 0 Å². The van der Waals surface area contributed by atoms with Gasteiger partial charge in [0.25, 0.3) is 0 Å². The summed E-state index contributed by atoms with van der Waals surface area (Å²) in [5.41, 5.74) is 7.14. The molecule has 1 aromatic carbocycles. The molecular formula is C14H18BrN3O2. The van der Waals surface area contributed by atoms with Crippen LogP contribution in [0.1, 0.15) is 30.6 Å². The van der Waals surface area contributed by atoms with Crippen LogP contribution in [0.15, 0.2) is 27.2 Å². The fraction of sp³-hybridized carbons (Fsp3) is 0.429. The molecule has 0 saturated heterocycles. The van der Waals surface area contributed by atoms with E-state index >= 15 is 0 Å². The lowest BCUT2D eigenvalue weighted by Gasteiger charge is -2.12. The highest BCUT2D eigenvalue weighted by atomic mass is 79.9. The van der Waals surface area contributed by atoms with Crippen LogP contribution in [0.3, 0.4) is 0 Å². The predicted molar refractivity (Wildman–Crippen MR) is 79.5 cm³/mol. The Balaban J connectivity index is 2.03. The number of nitrogens with two attached hydrogens (primary N) is 1. The van der Waals surface area contributed by atoms with Gasteiger partial charge in [0.1, 0.15) is 5.75 Å². The molecule has 0 radical (unpaired) electrons. The minimum atomic E-state index is 0.154. The van der Waals surface area contributed by atoms with E-state index in [9.17, 15) is 0 Å². The number of aryl methyl sites for hydroxylation is 1. The average Bonchev–Trinajstić information content (AvgIpc) is 2.85. The highest BCUT2D eigenvalue weighted by Crippen LogP contribution is 2.24. The molecule has 108 valence electrons. The number of halogens is 1. The van der Waals surface area contributed by atoms with Crippen molar-refractivity contribution < 1.29 is 9.26 Å². The fourth-order valence-corrected chi connectivity index (χ4v) is 2.18. The molecule has 5 nitrogen and oxygen atoms in total. The zero-order chi connectivity index (χ0) is 14.5. The monoisotopic (exact) mass is 339 g/mol. The summed E-state index contributed by atoms with van der Waals surface area (Å²) in [6.45, 7) is 4.12. The molecule has 20 heavy (non-hydrogen) atoms. The quantitative estimate of drug-likeness (QED) is 0.875. The molecule has 0 aliphatic carbocycles. The summed E-state index contributed by atoms with van der Waals surface area (Å²) >= 11 is 3.54. The van der Waals surface area contributed by atoms with Gasteiger partial charge in [-0.1, -0.05) is 28.0 Å². The number of hydrogen-bond acceptors (Lipinski definition) is 5. The average molecular weight is 340 g/mol. The van der Waals surface area contributed by atoms with Gasteiger partial charge in [0.15, 0.2) is 6.61 Å². The Hall–Kier alpha value is -1.40. The van der Waals surface area contributed by atoms with Crippen LogP contribution in [0.4, 0.5) is 0 Å². The van der Waals surface area contributed by atoms with Crippen molar-refractivity contribution in [2.24, 2.45) is 5.73 Å². The molecule has 1 aromatic heterocycles. The molecule has 2 N–H and O–H groups in total. The van der Waals surface area contributed by atoms with Gasteiger partial charge in [0.05, 0.1) is 0 Å². The molecule has 0 saturated carbocycles. The van der Waals surface area contributed by atoms with Crippen LogP contribution in [0.2, 0.25) is 0 Å². The Kier molecular flexibility index (Phi) is 5.14. The van der Waals surface area contributed by atoms with Crippen LogP contribution >= 0.6 is 15.9 Å². The maximum absolute atomic E-state index is 6.00. The lowest BCUT2D eigenvalue weighted by molar-refractivity contribution is 0.285. The number of benzene rings is 1. The molecule has 1 atom stereocenters. The molecule has 2 aromatic rings. The molecule has 0 bridgehead atoms. The van der Waals surface area contributed by atoms with E-state index in [0.717, 1.165) is 28.6 Å². The van der Waals surface area contributed by atoms with Crippen molar-refractivity contribution in [3.05, 3.63) is 40.0 Å². The van der Waals surface area contributed by atoms with Gasteiger partial charge in [-0.3, -0.25) is 0 Å². The molecule has 2 rings (SSSR count). The number of rotatable bonds is 6. The third-order valence-electron chi connectivity index (χ3n) is 2.96. The minimum absolute atomic E-state index is 0.154. The zero-order valence-corrected chi connectivity index (χ0v) is 13.2. The summed E-state index contributed by atoms with van der Waals surface area (Å²) < 4.78 is 11.6. The molecule has 0 amide bonds. The number of aromatic nitrogens is 2.